The number of hydrogen-bond acceptors (Lipinski definition) is 3. The predicted octanol–water partition coefficient (Wildman–Crippen LogP) is 3.39. The first-order valence-corrected chi connectivity index (χ1v) is 9.16. The monoisotopic (exact) mass is 303 g/mol. The molecule has 2 aliphatic heterocycles. The predicted molar refractivity (Wildman–Crippen MR) is 86.7 cm³/mol. The van der Waals surface area contributed by atoms with E-state index >= 15 is 0 Å². The molecule has 4 nitrogen and oxygen atoms in total. The molecule has 1 aromatic rings. The van der Waals surface area contributed by atoms with Crippen LogP contribution in [0.5, 0.6) is 0 Å². The van der Waals surface area contributed by atoms with Crippen LogP contribution in [0.2, 0.25) is 0 Å². The molecular weight excluding hydrogens is 274 g/mol. The summed E-state index contributed by atoms with van der Waals surface area (Å²) in [6.45, 7) is 5.46. The second-order valence-electron chi connectivity index (χ2n) is 7.70. The summed E-state index contributed by atoms with van der Waals surface area (Å²) in [7, 11) is 0. The van der Waals surface area contributed by atoms with Gasteiger partial charge in [-0.3, -0.25) is 4.90 Å². The number of rotatable bonds is 3. The number of nitrogens with zero attached hydrogens (tertiary/aromatic N) is 3. The zero-order valence-electron chi connectivity index (χ0n) is 13.7. The summed E-state index contributed by atoms with van der Waals surface area (Å²) >= 11 is 0. The third-order valence-electron chi connectivity index (χ3n) is 6.03. The highest BCUT2D eigenvalue weighted by Crippen LogP contribution is 2.38. The van der Waals surface area contributed by atoms with Crippen LogP contribution < -0.4 is 0 Å². The van der Waals surface area contributed by atoms with Crippen LogP contribution in [0.15, 0.2) is 12.5 Å². The van der Waals surface area contributed by atoms with Crippen LogP contribution >= 0.6 is 0 Å². The lowest BCUT2D eigenvalue weighted by Crippen LogP contribution is -2.43. The van der Waals surface area contributed by atoms with Gasteiger partial charge in [-0.05, 0) is 38.6 Å². The van der Waals surface area contributed by atoms with Crippen LogP contribution in [0.4, 0.5) is 0 Å². The van der Waals surface area contributed by atoms with Gasteiger partial charge in [-0.25, -0.2) is 4.98 Å². The highest BCUT2D eigenvalue weighted by Gasteiger charge is 2.39. The van der Waals surface area contributed by atoms with Crippen molar-refractivity contribution in [3.8, 4) is 0 Å². The summed E-state index contributed by atoms with van der Waals surface area (Å²) in [5.74, 6) is 0. The minimum absolute atomic E-state index is 0.452. The Labute approximate surface area is 133 Å². The minimum atomic E-state index is 0.452. The Morgan fingerprint density at radius 1 is 1.18 bits per heavy atom. The molecule has 3 fully saturated rings. The van der Waals surface area contributed by atoms with E-state index in [4.69, 9.17) is 4.74 Å². The molecule has 0 bridgehead atoms. The summed E-state index contributed by atoms with van der Waals surface area (Å²) in [6, 6.07) is 0.694. The summed E-state index contributed by atoms with van der Waals surface area (Å²) < 4.78 is 8.17. The molecule has 22 heavy (non-hydrogen) atoms. The number of aromatic nitrogens is 2. The van der Waals surface area contributed by atoms with Gasteiger partial charge in [0.25, 0.3) is 0 Å². The van der Waals surface area contributed by atoms with Crippen molar-refractivity contribution in [2.45, 2.75) is 64.0 Å². The van der Waals surface area contributed by atoms with E-state index in [1.165, 1.54) is 70.2 Å². The topological polar surface area (TPSA) is 30.3 Å². The van der Waals surface area contributed by atoms with Gasteiger partial charge in [0, 0.05) is 37.4 Å². The molecule has 0 N–H and O–H groups in total. The van der Waals surface area contributed by atoms with Crippen molar-refractivity contribution in [3.63, 3.8) is 0 Å². The van der Waals surface area contributed by atoms with E-state index in [0.717, 1.165) is 19.8 Å². The highest BCUT2D eigenvalue weighted by atomic mass is 16.5. The summed E-state index contributed by atoms with van der Waals surface area (Å²) in [6.07, 6.45) is 14.9. The molecule has 3 aliphatic rings. The lowest BCUT2D eigenvalue weighted by Gasteiger charge is -2.39. The SMILES string of the molecule is c1ncn(C2CCCCC2)c1CN1CCCC2(CCOC2)C1. The van der Waals surface area contributed by atoms with E-state index in [1.807, 2.05) is 0 Å². The minimum Gasteiger partial charge on any atom is -0.381 e. The molecule has 1 aliphatic carbocycles. The molecule has 122 valence electrons. The normalized spacial score (nSPS) is 31.1. The Balaban J connectivity index is 1.43. The van der Waals surface area contributed by atoms with Gasteiger partial charge in [-0.2, -0.15) is 0 Å². The zero-order valence-corrected chi connectivity index (χ0v) is 13.7. The van der Waals surface area contributed by atoms with Gasteiger partial charge in [0.1, 0.15) is 0 Å². The zero-order chi connectivity index (χ0) is 14.8. The molecule has 0 aromatic carbocycles. The van der Waals surface area contributed by atoms with Gasteiger partial charge in [-0.1, -0.05) is 19.3 Å². The Kier molecular flexibility index (Phi) is 4.23. The number of hydrogen-bond donors (Lipinski definition) is 0. The fraction of sp³-hybridized carbons (Fsp3) is 0.833. The number of ether oxygens (including phenoxy) is 1. The average Bonchev–Trinajstić information content (AvgIpc) is 3.18. The van der Waals surface area contributed by atoms with E-state index in [1.54, 1.807) is 0 Å². The van der Waals surface area contributed by atoms with Gasteiger partial charge < -0.3 is 9.30 Å². The average molecular weight is 303 g/mol. The smallest absolute Gasteiger partial charge is 0.0951 e. The van der Waals surface area contributed by atoms with Crippen molar-refractivity contribution >= 4 is 0 Å². The van der Waals surface area contributed by atoms with Gasteiger partial charge in [0.2, 0.25) is 0 Å². The van der Waals surface area contributed by atoms with E-state index in [0.29, 0.717) is 11.5 Å². The fourth-order valence-corrected chi connectivity index (χ4v) is 4.79. The first-order chi connectivity index (χ1) is 10.8. The van der Waals surface area contributed by atoms with Gasteiger partial charge in [0.05, 0.1) is 18.6 Å². The van der Waals surface area contributed by atoms with Crippen LogP contribution in [0.1, 0.15) is 63.1 Å². The second-order valence-corrected chi connectivity index (χ2v) is 7.70. The Morgan fingerprint density at radius 2 is 2.09 bits per heavy atom. The molecule has 1 atom stereocenters. The molecular formula is C18H29N3O. The molecule has 1 saturated carbocycles. The second kappa shape index (κ2) is 6.32. The van der Waals surface area contributed by atoms with Crippen LogP contribution in [0.25, 0.3) is 0 Å². The summed E-state index contributed by atoms with van der Waals surface area (Å²) in [4.78, 5) is 7.11. The third kappa shape index (κ3) is 2.95. The van der Waals surface area contributed by atoms with Gasteiger partial charge in [-0.15, -0.1) is 0 Å². The lowest BCUT2D eigenvalue weighted by atomic mass is 9.79. The molecule has 4 rings (SSSR count). The van der Waals surface area contributed by atoms with Crippen molar-refractivity contribution in [3.05, 3.63) is 18.2 Å². The molecule has 1 aromatic heterocycles. The molecule has 0 radical (unpaired) electrons. The van der Waals surface area contributed by atoms with E-state index in [-0.39, 0.29) is 0 Å². The number of imidazole rings is 1. The van der Waals surface area contributed by atoms with Crippen LogP contribution in [0, 0.1) is 5.41 Å². The Hall–Kier alpha value is -0.870. The largest absolute Gasteiger partial charge is 0.381 e. The van der Waals surface area contributed by atoms with Crippen molar-refractivity contribution in [1.82, 2.24) is 14.5 Å². The highest BCUT2D eigenvalue weighted by molar-refractivity contribution is 5.02. The Bertz CT molecular complexity index is 486. The van der Waals surface area contributed by atoms with E-state index < -0.39 is 0 Å². The van der Waals surface area contributed by atoms with E-state index in [9.17, 15) is 0 Å². The van der Waals surface area contributed by atoms with Gasteiger partial charge in [0.15, 0.2) is 0 Å². The summed E-state index contributed by atoms with van der Waals surface area (Å²) in [5, 5.41) is 0. The fourth-order valence-electron chi connectivity index (χ4n) is 4.79. The first kappa shape index (κ1) is 14.7. The Morgan fingerprint density at radius 3 is 2.91 bits per heavy atom. The molecule has 0 amide bonds. The molecule has 1 spiro atoms. The molecule has 4 heteroatoms. The van der Waals surface area contributed by atoms with Crippen molar-refractivity contribution in [2.24, 2.45) is 5.41 Å². The number of piperidine rings is 1. The summed E-state index contributed by atoms with van der Waals surface area (Å²) in [5.41, 5.74) is 1.87. The van der Waals surface area contributed by atoms with Crippen LogP contribution in [-0.2, 0) is 11.3 Å². The lowest BCUT2D eigenvalue weighted by molar-refractivity contribution is 0.0628. The molecule has 3 heterocycles. The quantitative estimate of drug-likeness (QED) is 0.857. The maximum absolute atomic E-state index is 5.70. The van der Waals surface area contributed by atoms with Crippen LogP contribution in [-0.4, -0.2) is 40.8 Å². The molecule has 1 unspecified atom stereocenters. The molecule has 2 saturated heterocycles. The van der Waals surface area contributed by atoms with Gasteiger partial charge >= 0.3 is 0 Å². The standard InChI is InChI=1S/C18H29N3O/c1-2-5-16(6-3-1)21-15-19-11-17(21)12-20-9-4-7-18(13-20)8-10-22-14-18/h11,15-16H,1-10,12-14H2. The maximum Gasteiger partial charge on any atom is 0.0951 e. The maximum atomic E-state index is 5.70. The van der Waals surface area contributed by atoms with Crippen molar-refractivity contribution < 1.29 is 4.74 Å². The number of likely N-dealkylation sites (tertiary alicyclic amines) is 1. The van der Waals surface area contributed by atoms with Crippen molar-refractivity contribution in [2.75, 3.05) is 26.3 Å². The van der Waals surface area contributed by atoms with E-state index in [2.05, 4.69) is 27.0 Å². The first-order valence-electron chi connectivity index (χ1n) is 9.16. The van der Waals surface area contributed by atoms with Crippen molar-refractivity contribution in [1.29, 1.82) is 0 Å². The van der Waals surface area contributed by atoms with Crippen LogP contribution in [0.3, 0.4) is 0 Å². The third-order valence-corrected chi connectivity index (χ3v) is 6.03.